The van der Waals surface area contributed by atoms with Crippen molar-refractivity contribution < 1.29 is 13.6 Å². The SMILES string of the molecule is CC(CC(=O)Cc1ccc(F)cc1F)CC(C)(C)C. The molecule has 0 N–H and O–H groups in total. The summed E-state index contributed by atoms with van der Waals surface area (Å²) < 4.78 is 26.2. The molecule has 0 fully saturated rings. The van der Waals surface area contributed by atoms with Gasteiger partial charge in [0.05, 0.1) is 0 Å². The van der Waals surface area contributed by atoms with E-state index in [1.54, 1.807) is 0 Å². The number of halogens is 2. The van der Waals surface area contributed by atoms with Gasteiger partial charge in [0.25, 0.3) is 0 Å². The molecule has 3 heteroatoms. The highest BCUT2D eigenvalue weighted by atomic mass is 19.1. The Kier molecular flexibility index (Phi) is 5.21. The average molecular weight is 268 g/mol. The number of hydrogen-bond acceptors (Lipinski definition) is 1. The number of ketones is 1. The summed E-state index contributed by atoms with van der Waals surface area (Å²) in [6, 6.07) is 3.35. The van der Waals surface area contributed by atoms with Gasteiger partial charge in [-0.1, -0.05) is 33.8 Å². The number of carbonyl (C=O) groups excluding carboxylic acids is 1. The van der Waals surface area contributed by atoms with Gasteiger partial charge >= 0.3 is 0 Å². The maximum Gasteiger partial charge on any atom is 0.137 e. The van der Waals surface area contributed by atoms with Crippen LogP contribution in [0.25, 0.3) is 0 Å². The molecule has 1 aromatic rings. The van der Waals surface area contributed by atoms with Crippen molar-refractivity contribution in [2.24, 2.45) is 11.3 Å². The quantitative estimate of drug-likeness (QED) is 0.766. The minimum absolute atomic E-state index is 0.00209. The van der Waals surface area contributed by atoms with Crippen molar-refractivity contribution in [3.05, 3.63) is 35.4 Å². The van der Waals surface area contributed by atoms with Gasteiger partial charge < -0.3 is 0 Å². The summed E-state index contributed by atoms with van der Waals surface area (Å²) in [5.41, 5.74) is 0.454. The van der Waals surface area contributed by atoms with Gasteiger partial charge in [-0.2, -0.15) is 0 Å². The van der Waals surface area contributed by atoms with Crippen molar-refractivity contribution in [2.45, 2.75) is 47.0 Å². The van der Waals surface area contributed by atoms with Gasteiger partial charge in [-0.15, -0.1) is 0 Å². The van der Waals surface area contributed by atoms with Crippen molar-refractivity contribution in [1.82, 2.24) is 0 Å². The first-order chi connectivity index (χ1) is 8.67. The highest BCUT2D eigenvalue weighted by Crippen LogP contribution is 2.26. The highest BCUT2D eigenvalue weighted by Gasteiger charge is 2.18. The van der Waals surface area contributed by atoms with Gasteiger partial charge in [-0.05, 0) is 29.4 Å². The van der Waals surface area contributed by atoms with Gasteiger partial charge in [0.2, 0.25) is 0 Å². The first-order valence-electron chi connectivity index (χ1n) is 6.63. The molecule has 1 nitrogen and oxygen atoms in total. The first-order valence-corrected chi connectivity index (χ1v) is 6.63. The van der Waals surface area contributed by atoms with E-state index in [1.807, 2.05) is 6.92 Å². The molecule has 1 rings (SSSR count). The van der Waals surface area contributed by atoms with Crippen LogP contribution < -0.4 is 0 Å². The summed E-state index contributed by atoms with van der Waals surface area (Å²) in [5, 5.41) is 0. The average Bonchev–Trinajstić information content (AvgIpc) is 2.19. The van der Waals surface area contributed by atoms with Crippen LogP contribution in [-0.2, 0) is 11.2 Å². The fourth-order valence-electron chi connectivity index (χ4n) is 2.46. The highest BCUT2D eigenvalue weighted by molar-refractivity contribution is 5.81. The van der Waals surface area contributed by atoms with Crippen molar-refractivity contribution in [3.63, 3.8) is 0 Å². The van der Waals surface area contributed by atoms with Crippen molar-refractivity contribution in [1.29, 1.82) is 0 Å². The Balaban J connectivity index is 2.56. The summed E-state index contributed by atoms with van der Waals surface area (Å²) in [7, 11) is 0. The van der Waals surface area contributed by atoms with E-state index in [-0.39, 0.29) is 29.1 Å². The third-order valence-corrected chi connectivity index (χ3v) is 2.94. The molecule has 0 aliphatic rings. The van der Waals surface area contributed by atoms with Crippen LogP contribution in [0.3, 0.4) is 0 Å². The summed E-state index contributed by atoms with van der Waals surface area (Å²) in [4.78, 5) is 11.9. The van der Waals surface area contributed by atoms with Crippen LogP contribution in [-0.4, -0.2) is 5.78 Å². The van der Waals surface area contributed by atoms with E-state index in [2.05, 4.69) is 20.8 Å². The van der Waals surface area contributed by atoms with E-state index in [0.29, 0.717) is 6.42 Å². The topological polar surface area (TPSA) is 17.1 Å². The van der Waals surface area contributed by atoms with Crippen LogP contribution in [0.15, 0.2) is 18.2 Å². The van der Waals surface area contributed by atoms with E-state index in [9.17, 15) is 13.6 Å². The maximum atomic E-state index is 13.4. The Morgan fingerprint density at radius 2 is 1.89 bits per heavy atom. The zero-order valence-electron chi connectivity index (χ0n) is 12.1. The Morgan fingerprint density at radius 3 is 2.42 bits per heavy atom. The molecule has 0 amide bonds. The largest absolute Gasteiger partial charge is 0.299 e. The van der Waals surface area contributed by atoms with Crippen molar-refractivity contribution >= 4 is 5.78 Å². The van der Waals surface area contributed by atoms with E-state index in [1.165, 1.54) is 12.1 Å². The van der Waals surface area contributed by atoms with E-state index in [0.717, 1.165) is 12.5 Å². The van der Waals surface area contributed by atoms with Crippen LogP contribution in [0.1, 0.15) is 46.1 Å². The zero-order chi connectivity index (χ0) is 14.6. The van der Waals surface area contributed by atoms with Gasteiger partial charge in [0, 0.05) is 18.9 Å². The minimum Gasteiger partial charge on any atom is -0.299 e. The Labute approximate surface area is 114 Å². The van der Waals surface area contributed by atoms with Crippen molar-refractivity contribution in [3.8, 4) is 0 Å². The fraction of sp³-hybridized carbons (Fsp3) is 0.562. The lowest BCUT2D eigenvalue weighted by atomic mass is 9.83. The molecule has 0 aromatic heterocycles. The number of hydrogen-bond donors (Lipinski definition) is 0. The smallest absolute Gasteiger partial charge is 0.137 e. The first kappa shape index (κ1) is 15.8. The Hall–Kier alpha value is -1.25. The molecular weight excluding hydrogens is 246 g/mol. The minimum atomic E-state index is -0.642. The zero-order valence-corrected chi connectivity index (χ0v) is 12.1. The molecule has 0 heterocycles. The van der Waals surface area contributed by atoms with Gasteiger partial charge in [-0.3, -0.25) is 4.79 Å². The predicted octanol–water partition coefficient (Wildman–Crippen LogP) is 4.54. The molecule has 0 saturated carbocycles. The van der Waals surface area contributed by atoms with Gasteiger partial charge in [0.1, 0.15) is 17.4 Å². The maximum absolute atomic E-state index is 13.4. The van der Waals surface area contributed by atoms with Crippen LogP contribution in [0.2, 0.25) is 0 Å². The van der Waals surface area contributed by atoms with Crippen LogP contribution >= 0.6 is 0 Å². The van der Waals surface area contributed by atoms with E-state index >= 15 is 0 Å². The third kappa shape index (κ3) is 5.95. The second kappa shape index (κ2) is 6.27. The number of benzene rings is 1. The van der Waals surface area contributed by atoms with E-state index in [4.69, 9.17) is 0 Å². The summed E-state index contributed by atoms with van der Waals surface area (Å²) in [5.74, 6) is -0.982. The van der Waals surface area contributed by atoms with Crippen molar-refractivity contribution in [2.75, 3.05) is 0 Å². The molecule has 1 aromatic carbocycles. The monoisotopic (exact) mass is 268 g/mol. The Morgan fingerprint density at radius 1 is 1.26 bits per heavy atom. The summed E-state index contributed by atoms with van der Waals surface area (Å²) >= 11 is 0. The second-order valence-electron chi connectivity index (χ2n) is 6.53. The number of Topliss-reactive ketones (excluding diaryl/α,β-unsaturated/α-hetero) is 1. The van der Waals surface area contributed by atoms with Gasteiger partial charge in [-0.25, -0.2) is 8.78 Å². The molecule has 0 aliphatic carbocycles. The summed E-state index contributed by atoms with van der Waals surface area (Å²) in [6.45, 7) is 8.43. The van der Waals surface area contributed by atoms with Crippen LogP contribution in [0.5, 0.6) is 0 Å². The molecule has 1 atom stereocenters. The molecule has 0 spiro atoms. The molecule has 106 valence electrons. The molecule has 0 saturated heterocycles. The van der Waals surface area contributed by atoms with E-state index < -0.39 is 11.6 Å². The fourth-order valence-corrected chi connectivity index (χ4v) is 2.46. The molecule has 0 bridgehead atoms. The molecular formula is C16H22F2O. The lowest BCUT2D eigenvalue weighted by Gasteiger charge is -2.22. The lowest BCUT2D eigenvalue weighted by molar-refractivity contribution is -0.119. The number of rotatable bonds is 5. The predicted molar refractivity (Wildman–Crippen MR) is 72.9 cm³/mol. The normalized spacial score (nSPS) is 13.4. The lowest BCUT2D eigenvalue weighted by Crippen LogP contribution is -2.15. The molecule has 1 unspecified atom stereocenters. The standard InChI is InChI=1S/C16H22F2O/c1-11(10-16(2,3)4)7-14(19)8-12-5-6-13(17)9-15(12)18/h5-6,9,11H,7-8,10H2,1-4H3. The van der Waals surface area contributed by atoms with Crippen LogP contribution in [0.4, 0.5) is 8.78 Å². The molecule has 19 heavy (non-hydrogen) atoms. The second-order valence-corrected chi connectivity index (χ2v) is 6.53. The third-order valence-electron chi connectivity index (χ3n) is 2.94. The van der Waals surface area contributed by atoms with Crippen LogP contribution in [0, 0.1) is 23.0 Å². The number of carbonyl (C=O) groups is 1. The Bertz CT molecular complexity index is 447. The van der Waals surface area contributed by atoms with Gasteiger partial charge in [0.15, 0.2) is 0 Å². The molecule has 0 aliphatic heterocycles. The summed E-state index contributed by atoms with van der Waals surface area (Å²) in [6.07, 6.45) is 1.43. The molecule has 0 radical (unpaired) electrons.